The highest BCUT2D eigenvalue weighted by molar-refractivity contribution is 5.92. The summed E-state index contributed by atoms with van der Waals surface area (Å²) in [5.74, 6) is 0.119. The second kappa shape index (κ2) is 4.62. The number of benzene rings is 1. The largest absolute Gasteiger partial charge is 0.507 e. The maximum atomic E-state index is 12.4. The van der Waals surface area contributed by atoms with E-state index in [9.17, 15) is 9.90 Å². The quantitative estimate of drug-likeness (QED) is 0.693. The summed E-state index contributed by atoms with van der Waals surface area (Å²) in [6, 6.07) is 6.31. The molecule has 2 heterocycles. The van der Waals surface area contributed by atoms with E-state index in [1.54, 1.807) is 18.5 Å². The third kappa shape index (κ3) is 1.81. The minimum Gasteiger partial charge on any atom is -0.507 e. The maximum Gasteiger partial charge on any atom is 0.257 e. The van der Waals surface area contributed by atoms with Crippen LogP contribution in [0.3, 0.4) is 0 Å². The van der Waals surface area contributed by atoms with Crippen molar-refractivity contribution < 1.29 is 5.11 Å². The molecule has 0 atom stereocenters. The van der Waals surface area contributed by atoms with Crippen molar-refractivity contribution in [3.8, 4) is 17.0 Å². The number of pyridine rings is 1. The molecular formula is C19H18N2O2. The molecule has 116 valence electrons. The normalized spacial score (nSPS) is 13.0. The van der Waals surface area contributed by atoms with Crippen molar-refractivity contribution in [3.63, 3.8) is 0 Å². The van der Waals surface area contributed by atoms with Gasteiger partial charge in [-0.1, -0.05) is 12.2 Å². The highest BCUT2D eigenvalue weighted by Gasteiger charge is 2.21. The molecule has 0 saturated heterocycles. The molecule has 23 heavy (non-hydrogen) atoms. The first-order valence-electron chi connectivity index (χ1n) is 7.66. The molecule has 0 amide bonds. The zero-order valence-electron chi connectivity index (χ0n) is 13.4. The van der Waals surface area contributed by atoms with E-state index in [-0.39, 0.29) is 11.3 Å². The van der Waals surface area contributed by atoms with Gasteiger partial charge in [-0.05, 0) is 37.1 Å². The summed E-state index contributed by atoms with van der Waals surface area (Å²) < 4.78 is 3.74. The van der Waals surface area contributed by atoms with Crippen LogP contribution in [0.15, 0.2) is 35.3 Å². The van der Waals surface area contributed by atoms with Crippen molar-refractivity contribution in [2.24, 2.45) is 14.1 Å². The van der Waals surface area contributed by atoms with E-state index in [0.29, 0.717) is 12.0 Å². The van der Waals surface area contributed by atoms with Gasteiger partial charge in [-0.3, -0.25) is 4.79 Å². The van der Waals surface area contributed by atoms with Gasteiger partial charge in [0.15, 0.2) is 0 Å². The van der Waals surface area contributed by atoms with Crippen LogP contribution in [0.1, 0.15) is 16.7 Å². The lowest BCUT2D eigenvalue weighted by molar-refractivity contribution is 0.462. The molecule has 4 rings (SSSR count). The Labute approximate surface area is 133 Å². The van der Waals surface area contributed by atoms with Crippen LogP contribution in [-0.2, 0) is 20.5 Å². The van der Waals surface area contributed by atoms with Gasteiger partial charge in [-0.15, -0.1) is 0 Å². The van der Waals surface area contributed by atoms with E-state index >= 15 is 0 Å². The SMILES string of the molecule is Cc1c(O)c2c(n(C)c1=O)-c1cc3ccn(C)c3cc1C=CC2. The minimum absolute atomic E-state index is 0.119. The van der Waals surface area contributed by atoms with Crippen LogP contribution in [0.4, 0.5) is 0 Å². The van der Waals surface area contributed by atoms with Gasteiger partial charge in [0.1, 0.15) is 5.75 Å². The van der Waals surface area contributed by atoms with Crippen LogP contribution >= 0.6 is 0 Å². The van der Waals surface area contributed by atoms with Crippen molar-refractivity contribution >= 4 is 17.0 Å². The molecule has 0 spiro atoms. The van der Waals surface area contributed by atoms with Crippen LogP contribution in [0.25, 0.3) is 28.2 Å². The monoisotopic (exact) mass is 306 g/mol. The van der Waals surface area contributed by atoms with Crippen molar-refractivity contribution in [1.29, 1.82) is 0 Å². The fraction of sp³-hybridized carbons (Fsp3) is 0.211. The maximum absolute atomic E-state index is 12.4. The second-order valence-electron chi connectivity index (χ2n) is 6.20. The summed E-state index contributed by atoms with van der Waals surface area (Å²) in [5.41, 5.74) is 5.08. The fourth-order valence-electron chi connectivity index (χ4n) is 3.51. The number of hydrogen-bond donors (Lipinski definition) is 1. The molecule has 4 heteroatoms. The van der Waals surface area contributed by atoms with Gasteiger partial charge in [0.2, 0.25) is 0 Å². The summed E-state index contributed by atoms with van der Waals surface area (Å²) in [6.07, 6.45) is 6.76. The van der Waals surface area contributed by atoms with E-state index in [0.717, 1.165) is 33.3 Å². The highest BCUT2D eigenvalue weighted by atomic mass is 16.3. The standard InChI is InChI=1S/C19H18N2O2/c1-11-18(22)14-6-4-5-12-10-16-13(7-8-20(16)2)9-15(12)17(14)21(3)19(11)23/h4-5,7-10,22H,6H2,1-3H3. The third-order valence-corrected chi connectivity index (χ3v) is 4.82. The molecular weight excluding hydrogens is 288 g/mol. The summed E-state index contributed by atoms with van der Waals surface area (Å²) in [6.45, 7) is 1.67. The lowest BCUT2D eigenvalue weighted by Crippen LogP contribution is -2.22. The number of hydrogen-bond acceptors (Lipinski definition) is 2. The Balaban J connectivity index is 2.17. The van der Waals surface area contributed by atoms with Crippen LogP contribution in [-0.4, -0.2) is 14.2 Å². The zero-order chi connectivity index (χ0) is 16.3. The van der Waals surface area contributed by atoms with Gasteiger partial charge in [-0.25, -0.2) is 0 Å². The molecule has 4 nitrogen and oxygen atoms in total. The molecule has 0 fully saturated rings. The molecule has 2 aromatic heterocycles. The average Bonchev–Trinajstić information content (AvgIpc) is 2.79. The first kappa shape index (κ1) is 13.9. The molecule has 0 saturated carbocycles. The number of allylic oxidation sites excluding steroid dienone is 1. The first-order valence-corrected chi connectivity index (χ1v) is 7.66. The average molecular weight is 306 g/mol. The molecule has 0 radical (unpaired) electrons. The van der Waals surface area contributed by atoms with Gasteiger partial charge in [0.05, 0.1) is 11.3 Å². The predicted molar refractivity (Wildman–Crippen MR) is 92.7 cm³/mol. The Kier molecular flexibility index (Phi) is 2.79. The Morgan fingerprint density at radius 3 is 2.78 bits per heavy atom. The number of nitrogens with zero attached hydrogens (tertiary/aromatic N) is 2. The van der Waals surface area contributed by atoms with Gasteiger partial charge in [-0.2, -0.15) is 0 Å². The zero-order valence-corrected chi connectivity index (χ0v) is 13.4. The van der Waals surface area contributed by atoms with E-state index < -0.39 is 0 Å². The second-order valence-corrected chi connectivity index (χ2v) is 6.20. The molecule has 0 bridgehead atoms. The lowest BCUT2D eigenvalue weighted by Gasteiger charge is -2.17. The van der Waals surface area contributed by atoms with Gasteiger partial charge >= 0.3 is 0 Å². The molecule has 0 aliphatic heterocycles. The van der Waals surface area contributed by atoms with Gasteiger partial charge in [0, 0.05) is 42.3 Å². The van der Waals surface area contributed by atoms with Crippen molar-refractivity contribution in [2.75, 3.05) is 0 Å². The van der Waals surface area contributed by atoms with Gasteiger partial charge in [0.25, 0.3) is 5.56 Å². The van der Waals surface area contributed by atoms with Crippen LogP contribution in [0.2, 0.25) is 0 Å². The highest BCUT2D eigenvalue weighted by Crippen LogP contribution is 2.37. The van der Waals surface area contributed by atoms with Crippen LogP contribution in [0.5, 0.6) is 5.75 Å². The third-order valence-electron chi connectivity index (χ3n) is 4.82. The van der Waals surface area contributed by atoms with E-state index in [2.05, 4.69) is 28.8 Å². The summed E-state index contributed by atoms with van der Waals surface area (Å²) >= 11 is 0. The molecule has 1 aliphatic carbocycles. The van der Waals surface area contributed by atoms with Gasteiger partial charge < -0.3 is 14.2 Å². The number of fused-ring (bicyclic) bond motifs is 4. The lowest BCUT2D eigenvalue weighted by atomic mass is 9.97. The molecule has 1 N–H and O–H groups in total. The molecule has 3 aromatic rings. The van der Waals surface area contributed by atoms with Crippen LogP contribution in [0, 0.1) is 6.92 Å². The topological polar surface area (TPSA) is 47.2 Å². The summed E-state index contributed by atoms with van der Waals surface area (Å²) in [4.78, 5) is 12.4. The minimum atomic E-state index is -0.151. The number of aromatic nitrogens is 2. The first-order chi connectivity index (χ1) is 11.0. The number of aromatic hydroxyl groups is 1. The van der Waals surface area contributed by atoms with Crippen molar-refractivity contribution in [3.05, 3.63) is 57.5 Å². The van der Waals surface area contributed by atoms with E-state index in [4.69, 9.17) is 0 Å². The Bertz CT molecular complexity index is 1050. The molecule has 1 aromatic carbocycles. The summed E-state index contributed by atoms with van der Waals surface area (Å²) in [7, 11) is 3.80. The fourth-order valence-corrected chi connectivity index (χ4v) is 3.51. The Morgan fingerprint density at radius 2 is 2.00 bits per heavy atom. The smallest absolute Gasteiger partial charge is 0.257 e. The van der Waals surface area contributed by atoms with Crippen molar-refractivity contribution in [2.45, 2.75) is 13.3 Å². The van der Waals surface area contributed by atoms with E-state index in [1.165, 1.54) is 0 Å². The van der Waals surface area contributed by atoms with E-state index in [1.807, 2.05) is 19.3 Å². The summed E-state index contributed by atoms with van der Waals surface area (Å²) in [5, 5.41) is 11.6. The Morgan fingerprint density at radius 1 is 1.22 bits per heavy atom. The molecule has 0 unspecified atom stereocenters. The molecule has 1 aliphatic rings. The van der Waals surface area contributed by atoms with Crippen LogP contribution < -0.4 is 5.56 Å². The van der Waals surface area contributed by atoms with Crippen molar-refractivity contribution in [1.82, 2.24) is 9.13 Å². The number of aryl methyl sites for hydroxylation is 1. The Hall–Kier alpha value is -2.75. The predicted octanol–water partition coefficient (Wildman–Crippen LogP) is 3.13. The number of rotatable bonds is 0.